The molecule has 1 aliphatic rings. The predicted molar refractivity (Wildman–Crippen MR) is 84.0 cm³/mol. The highest BCUT2D eigenvalue weighted by Crippen LogP contribution is 2.30. The van der Waals surface area contributed by atoms with Crippen LogP contribution in [0, 0.1) is 0 Å². The molecule has 20 heavy (non-hydrogen) atoms. The minimum Gasteiger partial charge on any atom is -0.480 e. The molecule has 2 rings (SSSR count). The molecule has 3 nitrogen and oxygen atoms in total. The van der Waals surface area contributed by atoms with Crippen LogP contribution in [0.1, 0.15) is 26.2 Å². The topological polar surface area (TPSA) is 49.3 Å². The number of benzene rings is 1. The molecular weight excluding hydrogens is 317 g/mol. The molecule has 1 aromatic carbocycles. The summed E-state index contributed by atoms with van der Waals surface area (Å²) in [5.74, 6) is -0.0837. The number of hydrogen-bond acceptors (Lipinski definition) is 3. The van der Waals surface area contributed by atoms with Crippen LogP contribution in [-0.4, -0.2) is 28.4 Å². The van der Waals surface area contributed by atoms with Gasteiger partial charge in [0.05, 0.1) is 10.0 Å². The van der Waals surface area contributed by atoms with Gasteiger partial charge in [0, 0.05) is 16.7 Å². The molecule has 1 atom stereocenters. The number of nitrogens with one attached hydrogen (secondary N) is 1. The number of thioether (sulfide) groups is 1. The number of aliphatic carboxylic acids is 1. The summed E-state index contributed by atoms with van der Waals surface area (Å²) >= 11 is 13.4. The maximum absolute atomic E-state index is 11.4. The molecule has 0 saturated heterocycles. The summed E-state index contributed by atoms with van der Waals surface area (Å²) < 4.78 is 0. The molecule has 6 heteroatoms. The summed E-state index contributed by atoms with van der Waals surface area (Å²) in [5, 5.41) is 13.6. The molecule has 1 saturated carbocycles. The summed E-state index contributed by atoms with van der Waals surface area (Å²) in [7, 11) is 0. The van der Waals surface area contributed by atoms with Gasteiger partial charge in [-0.2, -0.15) is 0 Å². The number of carboxylic acid groups (broad SMARTS) is 1. The van der Waals surface area contributed by atoms with Crippen molar-refractivity contribution in [2.75, 3.05) is 5.75 Å². The monoisotopic (exact) mass is 333 g/mol. The van der Waals surface area contributed by atoms with E-state index in [1.807, 2.05) is 6.07 Å². The Labute approximate surface area is 133 Å². The van der Waals surface area contributed by atoms with Crippen LogP contribution in [0.15, 0.2) is 23.1 Å². The van der Waals surface area contributed by atoms with Gasteiger partial charge in [-0.15, -0.1) is 11.8 Å². The molecule has 110 valence electrons. The highest BCUT2D eigenvalue weighted by Gasteiger charge is 2.37. The fourth-order valence-corrected chi connectivity index (χ4v) is 3.33. The third-order valence-corrected chi connectivity index (χ3v) is 5.07. The van der Waals surface area contributed by atoms with Crippen molar-refractivity contribution >= 4 is 40.9 Å². The Balaban J connectivity index is 1.89. The molecule has 1 fully saturated rings. The van der Waals surface area contributed by atoms with Crippen LogP contribution in [0.4, 0.5) is 0 Å². The lowest BCUT2D eigenvalue weighted by Gasteiger charge is -2.26. The van der Waals surface area contributed by atoms with Crippen LogP contribution >= 0.6 is 35.0 Å². The van der Waals surface area contributed by atoms with E-state index in [0.29, 0.717) is 28.3 Å². The summed E-state index contributed by atoms with van der Waals surface area (Å²) in [6.07, 6.45) is 2.70. The van der Waals surface area contributed by atoms with Gasteiger partial charge in [0.25, 0.3) is 0 Å². The Bertz CT molecular complexity index is 508. The molecule has 0 heterocycles. The molecule has 0 aromatic heterocycles. The van der Waals surface area contributed by atoms with Crippen LogP contribution in [0.25, 0.3) is 0 Å². The average molecular weight is 334 g/mol. The first-order valence-electron chi connectivity index (χ1n) is 6.50. The van der Waals surface area contributed by atoms with E-state index in [2.05, 4.69) is 5.32 Å². The summed E-state index contributed by atoms with van der Waals surface area (Å²) in [6, 6.07) is 5.82. The van der Waals surface area contributed by atoms with Crippen molar-refractivity contribution in [3.05, 3.63) is 28.2 Å². The lowest BCUT2D eigenvalue weighted by molar-refractivity contribution is -0.144. The van der Waals surface area contributed by atoms with Gasteiger partial charge in [-0.3, -0.25) is 10.1 Å². The highest BCUT2D eigenvalue weighted by molar-refractivity contribution is 7.99. The first-order chi connectivity index (χ1) is 9.40. The minimum absolute atomic E-state index is 0.367. The van der Waals surface area contributed by atoms with E-state index in [-0.39, 0.29) is 0 Å². The normalized spacial score (nSPS) is 17.8. The van der Waals surface area contributed by atoms with Crippen molar-refractivity contribution in [2.24, 2.45) is 0 Å². The molecule has 0 amide bonds. The van der Waals surface area contributed by atoms with Crippen molar-refractivity contribution in [3.8, 4) is 0 Å². The SMILES string of the molecule is CC(CCSc1ccc(Cl)c(Cl)c1)(NC1CC1)C(=O)O. The maximum Gasteiger partial charge on any atom is 0.323 e. The number of hydrogen-bond donors (Lipinski definition) is 2. The Morgan fingerprint density at radius 2 is 2.15 bits per heavy atom. The largest absolute Gasteiger partial charge is 0.480 e. The quantitative estimate of drug-likeness (QED) is 0.738. The van der Waals surface area contributed by atoms with Gasteiger partial charge in [0.2, 0.25) is 0 Å². The Kier molecular flexibility index (Phi) is 5.24. The highest BCUT2D eigenvalue weighted by atomic mass is 35.5. The lowest BCUT2D eigenvalue weighted by Crippen LogP contribution is -2.50. The molecule has 1 aromatic rings. The number of carbonyl (C=O) groups is 1. The predicted octanol–water partition coefficient (Wildman–Crippen LogP) is 4.07. The molecule has 0 radical (unpaired) electrons. The van der Waals surface area contributed by atoms with Crippen molar-refractivity contribution in [2.45, 2.75) is 42.7 Å². The molecular formula is C14H17Cl2NO2S. The van der Waals surface area contributed by atoms with Crippen molar-refractivity contribution in [3.63, 3.8) is 0 Å². The first-order valence-corrected chi connectivity index (χ1v) is 8.24. The van der Waals surface area contributed by atoms with E-state index < -0.39 is 11.5 Å². The van der Waals surface area contributed by atoms with Crippen LogP contribution < -0.4 is 5.32 Å². The zero-order valence-corrected chi connectivity index (χ0v) is 13.5. The Morgan fingerprint density at radius 1 is 1.45 bits per heavy atom. The second-order valence-corrected chi connectivity index (χ2v) is 7.21. The van der Waals surface area contributed by atoms with Gasteiger partial charge < -0.3 is 5.11 Å². The second-order valence-electron chi connectivity index (χ2n) is 5.23. The molecule has 0 spiro atoms. The summed E-state index contributed by atoms with van der Waals surface area (Å²) in [5.41, 5.74) is -0.857. The summed E-state index contributed by atoms with van der Waals surface area (Å²) in [6.45, 7) is 1.75. The van der Waals surface area contributed by atoms with Gasteiger partial charge in [-0.1, -0.05) is 23.2 Å². The molecule has 1 aliphatic carbocycles. The standard InChI is InChI=1S/C14H17Cl2NO2S/c1-14(13(18)19,17-9-2-3-9)6-7-20-10-4-5-11(15)12(16)8-10/h4-5,8-9,17H,2-3,6-7H2,1H3,(H,18,19). The molecule has 2 N–H and O–H groups in total. The van der Waals surface area contributed by atoms with Crippen molar-refractivity contribution in [1.29, 1.82) is 0 Å². The zero-order chi connectivity index (χ0) is 14.8. The Hall–Kier alpha value is -0.420. The van der Waals surface area contributed by atoms with E-state index in [1.165, 1.54) is 0 Å². The smallest absolute Gasteiger partial charge is 0.323 e. The van der Waals surface area contributed by atoms with Crippen molar-refractivity contribution in [1.82, 2.24) is 5.32 Å². The zero-order valence-electron chi connectivity index (χ0n) is 11.2. The lowest BCUT2D eigenvalue weighted by atomic mass is 9.99. The third kappa shape index (κ3) is 4.29. The van der Waals surface area contributed by atoms with Crippen LogP contribution in [0.5, 0.6) is 0 Å². The van der Waals surface area contributed by atoms with Gasteiger partial charge in [0.15, 0.2) is 0 Å². The fraction of sp³-hybridized carbons (Fsp3) is 0.500. The van der Waals surface area contributed by atoms with E-state index in [4.69, 9.17) is 23.2 Å². The van der Waals surface area contributed by atoms with E-state index >= 15 is 0 Å². The van der Waals surface area contributed by atoms with Gasteiger partial charge in [-0.25, -0.2) is 0 Å². The summed E-state index contributed by atoms with van der Waals surface area (Å²) in [4.78, 5) is 12.4. The van der Waals surface area contributed by atoms with E-state index in [1.54, 1.807) is 30.8 Å². The van der Waals surface area contributed by atoms with Gasteiger partial charge >= 0.3 is 5.97 Å². The average Bonchev–Trinajstić information content (AvgIpc) is 3.17. The number of rotatable bonds is 7. The van der Waals surface area contributed by atoms with Crippen LogP contribution in [-0.2, 0) is 4.79 Å². The first kappa shape index (κ1) is 16.0. The fourth-order valence-electron chi connectivity index (χ4n) is 1.86. The maximum atomic E-state index is 11.4. The van der Waals surface area contributed by atoms with Crippen LogP contribution in [0.2, 0.25) is 10.0 Å². The Morgan fingerprint density at radius 3 is 2.70 bits per heavy atom. The molecule has 0 aliphatic heterocycles. The minimum atomic E-state index is -0.857. The molecule has 1 unspecified atom stereocenters. The van der Waals surface area contributed by atoms with Crippen LogP contribution in [0.3, 0.4) is 0 Å². The third-order valence-electron chi connectivity index (χ3n) is 3.33. The molecule has 0 bridgehead atoms. The van der Waals surface area contributed by atoms with Crippen molar-refractivity contribution < 1.29 is 9.90 Å². The van der Waals surface area contributed by atoms with E-state index in [9.17, 15) is 9.90 Å². The van der Waals surface area contributed by atoms with Gasteiger partial charge in [0.1, 0.15) is 5.54 Å². The van der Waals surface area contributed by atoms with Gasteiger partial charge in [-0.05, 0) is 44.4 Å². The number of halogens is 2. The second kappa shape index (κ2) is 6.56. The van der Waals surface area contributed by atoms with E-state index in [0.717, 1.165) is 17.7 Å². The number of carboxylic acids is 1.